The minimum absolute atomic E-state index is 0. The monoisotopic (exact) mass is 494 g/mol. The summed E-state index contributed by atoms with van der Waals surface area (Å²) < 4.78 is 12.8. The molecular weight excluding hydrogens is 466 g/mol. The molecule has 0 aromatic heterocycles. The van der Waals surface area contributed by atoms with Gasteiger partial charge in [0.05, 0.1) is 13.0 Å². The fourth-order valence-corrected chi connectivity index (χ4v) is 3.74. The van der Waals surface area contributed by atoms with Crippen molar-refractivity contribution in [3.05, 3.63) is 35.6 Å². The highest BCUT2D eigenvalue weighted by Crippen LogP contribution is 2.25. The number of halogens is 2. The van der Waals surface area contributed by atoms with Crippen molar-refractivity contribution < 1.29 is 9.18 Å². The molecule has 1 aromatic carbocycles. The molecule has 0 radical (unpaired) electrons. The van der Waals surface area contributed by atoms with E-state index in [1.165, 1.54) is 30.7 Å². The normalized spacial score (nSPS) is 16.7. The first-order valence-corrected chi connectivity index (χ1v) is 9.87. The van der Waals surface area contributed by atoms with Gasteiger partial charge in [-0.1, -0.05) is 12.1 Å². The van der Waals surface area contributed by atoms with E-state index in [0.29, 0.717) is 18.3 Å². The molecule has 2 rings (SSSR count). The number of carbonyl (C=O) groups is 1. The van der Waals surface area contributed by atoms with Crippen molar-refractivity contribution in [3.8, 4) is 0 Å². The van der Waals surface area contributed by atoms with Crippen molar-refractivity contribution in [2.24, 2.45) is 4.99 Å². The molecule has 1 aromatic rings. The smallest absolute Gasteiger partial charge is 0.224 e. The molecule has 1 atom stereocenters. The summed E-state index contributed by atoms with van der Waals surface area (Å²) >= 11 is 1.99. The zero-order valence-corrected chi connectivity index (χ0v) is 18.2. The highest BCUT2D eigenvalue weighted by molar-refractivity contribution is 14.0. The summed E-state index contributed by atoms with van der Waals surface area (Å²) in [4.78, 5) is 16.5. The van der Waals surface area contributed by atoms with Crippen LogP contribution in [0.3, 0.4) is 0 Å². The zero-order chi connectivity index (χ0) is 17.9. The Kier molecular flexibility index (Phi) is 11.7. The predicted octanol–water partition coefficient (Wildman–Crippen LogP) is 2.55. The maximum absolute atomic E-state index is 12.8. The second-order valence-electron chi connectivity index (χ2n) is 5.93. The van der Waals surface area contributed by atoms with E-state index in [9.17, 15) is 9.18 Å². The van der Waals surface area contributed by atoms with Crippen LogP contribution in [0.15, 0.2) is 29.3 Å². The lowest BCUT2D eigenvalue weighted by atomic mass is 10.1. The van der Waals surface area contributed by atoms with Crippen molar-refractivity contribution in [2.45, 2.75) is 31.4 Å². The van der Waals surface area contributed by atoms with Gasteiger partial charge in [0.25, 0.3) is 0 Å². The number of thioether (sulfide) groups is 1. The van der Waals surface area contributed by atoms with Crippen LogP contribution in [0.25, 0.3) is 0 Å². The Hall–Kier alpha value is -1.03. The van der Waals surface area contributed by atoms with Gasteiger partial charge in [-0.25, -0.2) is 4.39 Å². The van der Waals surface area contributed by atoms with Crippen LogP contribution < -0.4 is 16.0 Å². The van der Waals surface area contributed by atoms with Crippen molar-refractivity contribution in [1.82, 2.24) is 16.0 Å². The van der Waals surface area contributed by atoms with Crippen LogP contribution >= 0.6 is 35.7 Å². The predicted molar refractivity (Wildman–Crippen MR) is 118 cm³/mol. The number of amides is 1. The second-order valence-corrected chi connectivity index (χ2v) is 7.34. The number of rotatable bonds is 8. The fourth-order valence-electron chi connectivity index (χ4n) is 2.56. The molecule has 1 aliphatic rings. The van der Waals surface area contributed by atoms with Crippen LogP contribution in [0.5, 0.6) is 0 Å². The Bertz CT molecular complexity index is 565. The largest absolute Gasteiger partial charge is 0.357 e. The van der Waals surface area contributed by atoms with Crippen LogP contribution in [-0.2, 0) is 11.2 Å². The van der Waals surface area contributed by atoms with Crippen LogP contribution in [-0.4, -0.2) is 49.0 Å². The average molecular weight is 494 g/mol. The maximum Gasteiger partial charge on any atom is 0.224 e. The molecule has 5 nitrogen and oxygen atoms in total. The van der Waals surface area contributed by atoms with Crippen LogP contribution in [0, 0.1) is 5.82 Å². The first-order valence-electron chi connectivity index (χ1n) is 8.82. The van der Waals surface area contributed by atoms with E-state index in [4.69, 9.17) is 0 Å². The molecule has 1 fully saturated rings. The molecule has 0 spiro atoms. The van der Waals surface area contributed by atoms with E-state index >= 15 is 0 Å². The Morgan fingerprint density at radius 1 is 1.23 bits per heavy atom. The van der Waals surface area contributed by atoms with E-state index < -0.39 is 0 Å². The molecule has 1 heterocycles. The number of carbonyl (C=O) groups excluding carboxylic acids is 1. The van der Waals surface area contributed by atoms with Gasteiger partial charge >= 0.3 is 0 Å². The third-order valence-electron chi connectivity index (χ3n) is 3.84. The summed E-state index contributed by atoms with van der Waals surface area (Å²) in [7, 11) is 0. The zero-order valence-electron chi connectivity index (χ0n) is 15.1. The minimum Gasteiger partial charge on any atom is -0.357 e. The van der Waals surface area contributed by atoms with Crippen LogP contribution in [0.1, 0.15) is 25.3 Å². The van der Waals surface area contributed by atoms with E-state index in [2.05, 4.69) is 20.9 Å². The number of benzene rings is 1. The van der Waals surface area contributed by atoms with Gasteiger partial charge < -0.3 is 16.0 Å². The molecule has 1 saturated heterocycles. The minimum atomic E-state index is -0.292. The molecule has 0 saturated carbocycles. The highest BCUT2D eigenvalue weighted by atomic mass is 127. The quantitative estimate of drug-likeness (QED) is 0.225. The Balaban J connectivity index is 0.00000338. The molecule has 0 aliphatic carbocycles. The summed E-state index contributed by atoms with van der Waals surface area (Å²) in [5, 5.41) is 9.95. The Morgan fingerprint density at radius 2 is 1.96 bits per heavy atom. The number of nitrogens with zero attached hydrogens (tertiary/aromatic N) is 1. The molecule has 1 aliphatic heterocycles. The van der Waals surface area contributed by atoms with Crippen molar-refractivity contribution >= 4 is 47.6 Å². The van der Waals surface area contributed by atoms with Crippen molar-refractivity contribution in [3.63, 3.8) is 0 Å². The Labute approximate surface area is 176 Å². The first-order chi connectivity index (χ1) is 12.2. The summed E-state index contributed by atoms with van der Waals surface area (Å²) in [6.07, 6.45) is 2.79. The topological polar surface area (TPSA) is 65.5 Å². The number of nitrogens with one attached hydrogen (secondary N) is 3. The molecular formula is C18H28FIN4OS. The summed E-state index contributed by atoms with van der Waals surface area (Å²) in [6, 6.07) is 5.99. The standard InChI is InChI=1S/C18H27FN4OS.HI/c1-2-20-18(23-13-16-4-3-11-25-16)22-10-9-21-17(24)12-14-5-7-15(19)8-6-14;/h5-8,16H,2-4,9-13H2,1H3,(H,21,24)(H2,20,22,23);1H. The highest BCUT2D eigenvalue weighted by Gasteiger charge is 2.14. The van der Waals surface area contributed by atoms with Gasteiger partial charge in [-0.2, -0.15) is 11.8 Å². The molecule has 1 amide bonds. The third kappa shape index (κ3) is 9.07. The van der Waals surface area contributed by atoms with Gasteiger partial charge in [0.1, 0.15) is 5.82 Å². The second kappa shape index (κ2) is 13.2. The Morgan fingerprint density at radius 3 is 2.62 bits per heavy atom. The molecule has 26 heavy (non-hydrogen) atoms. The van der Waals surface area contributed by atoms with Gasteiger partial charge in [0.2, 0.25) is 5.91 Å². The number of hydrogen-bond acceptors (Lipinski definition) is 3. The number of hydrogen-bond donors (Lipinski definition) is 3. The fraction of sp³-hybridized carbons (Fsp3) is 0.556. The van der Waals surface area contributed by atoms with Crippen molar-refractivity contribution in [2.75, 3.05) is 31.9 Å². The average Bonchev–Trinajstić information content (AvgIpc) is 3.12. The lowest BCUT2D eigenvalue weighted by Crippen LogP contribution is -2.42. The third-order valence-corrected chi connectivity index (χ3v) is 5.22. The number of guanidine groups is 1. The summed E-state index contributed by atoms with van der Waals surface area (Å²) in [5.41, 5.74) is 0.802. The van der Waals surface area contributed by atoms with Crippen molar-refractivity contribution in [1.29, 1.82) is 0 Å². The van der Waals surface area contributed by atoms with Crippen LogP contribution in [0.4, 0.5) is 4.39 Å². The van der Waals surface area contributed by atoms with Gasteiger partial charge in [-0.15, -0.1) is 24.0 Å². The maximum atomic E-state index is 12.8. The molecule has 1 unspecified atom stereocenters. The van der Waals surface area contributed by atoms with Gasteiger partial charge in [-0.05, 0) is 43.2 Å². The molecule has 3 N–H and O–H groups in total. The summed E-state index contributed by atoms with van der Waals surface area (Å²) in [6.45, 7) is 4.80. The van der Waals surface area contributed by atoms with Gasteiger partial charge in [0.15, 0.2) is 5.96 Å². The van der Waals surface area contributed by atoms with E-state index in [0.717, 1.165) is 24.6 Å². The van der Waals surface area contributed by atoms with Gasteiger partial charge in [-0.3, -0.25) is 9.79 Å². The molecule has 0 bridgehead atoms. The lowest BCUT2D eigenvalue weighted by Gasteiger charge is -2.13. The van der Waals surface area contributed by atoms with E-state index in [1.54, 1.807) is 12.1 Å². The lowest BCUT2D eigenvalue weighted by molar-refractivity contribution is -0.120. The van der Waals surface area contributed by atoms with Gasteiger partial charge in [0, 0.05) is 24.9 Å². The van der Waals surface area contributed by atoms with E-state index in [-0.39, 0.29) is 42.1 Å². The number of aliphatic imine (C=N–C) groups is 1. The molecule has 146 valence electrons. The van der Waals surface area contributed by atoms with E-state index in [1.807, 2.05) is 18.7 Å². The SMILES string of the molecule is CCNC(=NCC1CCCS1)NCCNC(=O)Cc1ccc(F)cc1.I. The summed E-state index contributed by atoms with van der Waals surface area (Å²) in [5.74, 6) is 1.67. The van der Waals surface area contributed by atoms with Crippen LogP contribution in [0.2, 0.25) is 0 Å². The first kappa shape index (κ1) is 23.0. The molecule has 8 heteroatoms.